The molecule has 8 nitrogen and oxygen atoms in total. The quantitative estimate of drug-likeness (QED) is 0.361. The van der Waals surface area contributed by atoms with Crippen LogP contribution in [0.25, 0.3) is 5.76 Å². The van der Waals surface area contributed by atoms with Gasteiger partial charge < -0.3 is 29.3 Å². The first-order valence-corrected chi connectivity index (χ1v) is 10.9. The normalized spacial score (nSPS) is 17.8. The van der Waals surface area contributed by atoms with Gasteiger partial charge in [0.2, 0.25) is 0 Å². The smallest absolute Gasteiger partial charge is 0.295 e. The summed E-state index contributed by atoms with van der Waals surface area (Å²) in [6.45, 7) is 6.36. The molecule has 1 amide bonds. The largest absolute Gasteiger partial charge is 0.507 e. The lowest BCUT2D eigenvalue weighted by atomic mass is 9.84. The fraction of sp³-hybridized carbons (Fsp3) is 0.385. The van der Waals surface area contributed by atoms with Gasteiger partial charge in [-0.1, -0.05) is 26.8 Å². The molecule has 2 aromatic carbocycles. The summed E-state index contributed by atoms with van der Waals surface area (Å²) in [5.74, 6) is -1.09. The highest BCUT2D eigenvalue weighted by molar-refractivity contribution is 6.46. The molecule has 0 aromatic heterocycles. The van der Waals surface area contributed by atoms with Crippen LogP contribution in [0.2, 0.25) is 0 Å². The van der Waals surface area contributed by atoms with Gasteiger partial charge in [0.25, 0.3) is 11.7 Å². The molecular weight excluding hydrogens is 438 g/mol. The third-order valence-corrected chi connectivity index (χ3v) is 5.88. The molecule has 1 aliphatic heterocycles. The lowest BCUT2D eigenvalue weighted by Gasteiger charge is -2.26. The first-order valence-electron chi connectivity index (χ1n) is 10.9. The van der Waals surface area contributed by atoms with Crippen LogP contribution < -0.4 is 9.47 Å². The molecule has 3 rings (SSSR count). The Morgan fingerprint density at radius 2 is 1.65 bits per heavy atom. The first kappa shape index (κ1) is 25.1. The first-order chi connectivity index (χ1) is 16.0. The van der Waals surface area contributed by atoms with Crippen molar-refractivity contribution in [2.24, 2.45) is 0 Å². The third-order valence-electron chi connectivity index (χ3n) is 5.88. The molecule has 1 atom stereocenters. The number of phenols is 1. The Morgan fingerprint density at radius 3 is 2.21 bits per heavy atom. The Hall–Kier alpha value is -3.52. The van der Waals surface area contributed by atoms with Gasteiger partial charge in [-0.05, 0) is 41.3 Å². The number of Topliss-reactive ketones (excluding diaryl/α,β-unsaturated/α-hetero) is 1. The Morgan fingerprint density at radius 1 is 1.00 bits per heavy atom. The lowest BCUT2D eigenvalue weighted by Crippen LogP contribution is -2.32. The van der Waals surface area contributed by atoms with E-state index in [2.05, 4.69) is 0 Å². The summed E-state index contributed by atoms with van der Waals surface area (Å²) in [5.41, 5.74) is 1.33. The molecule has 1 unspecified atom stereocenters. The van der Waals surface area contributed by atoms with Crippen LogP contribution in [0.3, 0.4) is 0 Å². The summed E-state index contributed by atoms with van der Waals surface area (Å²) in [6, 6.07) is 8.85. The van der Waals surface area contributed by atoms with E-state index >= 15 is 0 Å². The molecule has 0 radical (unpaired) electrons. The van der Waals surface area contributed by atoms with E-state index < -0.39 is 17.7 Å². The third kappa shape index (κ3) is 4.59. The van der Waals surface area contributed by atoms with Gasteiger partial charge in [-0.25, -0.2) is 0 Å². The maximum atomic E-state index is 13.1. The average molecular weight is 470 g/mol. The van der Waals surface area contributed by atoms with E-state index in [0.29, 0.717) is 16.9 Å². The van der Waals surface area contributed by atoms with Crippen molar-refractivity contribution in [2.45, 2.75) is 32.2 Å². The van der Waals surface area contributed by atoms with Gasteiger partial charge in [-0.3, -0.25) is 9.59 Å². The van der Waals surface area contributed by atoms with Crippen LogP contribution in [0, 0.1) is 0 Å². The van der Waals surface area contributed by atoms with Crippen LogP contribution in [0.1, 0.15) is 43.5 Å². The maximum absolute atomic E-state index is 13.1. The standard InChI is InChI=1S/C26H31NO7/c1-26(2,3)17-13-16(8-9-19(17)33-5)23(29)21-22(15-7-10-20(34-6)18(28)14-15)27(11-12-32-4)25(31)24(21)30/h7-10,13-14,22,28-29H,11-12H2,1-6H3/b23-21-. The number of phenolic OH excluding ortho intramolecular Hbond substituents is 1. The summed E-state index contributed by atoms with van der Waals surface area (Å²) in [5, 5.41) is 21.7. The predicted molar refractivity (Wildman–Crippen MR) is 127 cm³/mol. The van der Waals surface area contributed by atoms with Crippen molar-refractivity contribution in [2.75, 3.05) is 34.5 Å². The highest BCUT2D eigenvalue weighted by atomic mass is 16.5. The van der Waals surface area contributed by atoms with Crippen molar-refractivity contribution in [3.63, 3.8) is 0 Å². The zero-order chi connectivity index (χ0) is 25.2. The van der Waals surface area contributed by atoms with Gasteiger partial charge in [0.05, 0.1) is 32.4 Å². The number of nitrogens with zero attached hydrogens (tertiary/aromatic N) is 1. The van der Waals surface area contributed by atoms with Gasteiger partial charge >= 0.3 is 0 Å². The number of aliphatic hydroxyl groups is 1. The summed E-state index contributed by atoms with van der Waals surface area (Å²) in [6.07, 6.45) is 0. The fourth-order valence-electron chi connectivity index (χ4n) is 4.12. The number of carbonyl (C=O) groups is 2. The highest BCUT2D eigenvalue weighted by Gasteiger charge is 2.46. The van der Waals surface area contributed by atoms with Crippen LogP contribution >= 0.6 is 0 Å². The number of ether oxygens (including phenoxy) is 3. The van der Waals surface area contributed by atoms with Gasteiger partial charge in [-0.15, -0.1) is 0 Å². The minimum Gasteiger partial charge on any atom is -0.507 e. The van der Waals surface area contributed by atoms with Gasteiger partial charge in [0.1, 0.15) is 11.5 Å². The second-order valence-corrected chi connectivity index (χ2v) is 9.08. The van der Waals surface area contributed by atoms with Crippen LogP contribution in [0.5, 0.6) is 17.2 Å². The molecule has 1 fully saturated rings. The Bertz CT molecular complexity index is 1130. The zero-order valence-corrected chi connectivity index (χ0v) is 20.3. The van der Waals surface area contributed by atoms with E-state index in [4.69, 9.17) is 14.2 Å². The summed E-state index contributed by atoms with van der Waals surface area (Å²) >= 11 is 0. The number of carbonyl (C=O) groups excluding carboxylic acids is 2. The topological polar surface area (TPSA) is 106 Å². The number of likely N-dealkylation sites (tertiary alicyclic amines) is 1. The number of ketones is 1. The SMILES string of the molecule is COCCN1C(=O)C(=O)/C(=C(\O)c2ccc(OC)c(C(C)(C)C)c2)C1c1ccc(OC)c(O)c1. The van der Waals surface area contributed by atoms with E-state index in [9.17, 15) is 19.8 Å². The van der Waals surface area contributed by atoms with E-state index in [1.54, 1.807) is 37.4 Å². The van der Waals surface area contributed by atoms with Crippen molar-refractivity contribution >= 4 is 17.4 Å². The maximum Gasteiger partial charge on any atom is 0.295 e. The molecule has 0 spiro atoms. The number of hydrogen-bond donors (Lipinski definition) is 2. The highest BCUT2D eigenvalue weighted by Crippen LogP contribution is 2.42. The van der Waals surface area contributed by atoms with E-state index in [1.807, 2.05) is 20.8 Å². The number of amides is 1. The molecule has 34 heavy (non-hydrogen) atoms. The number of aromatic hydroxyl groups is 1. The molecular formula is C26H31NO7. The molecule has 1 saturated heterocycles. The molecule has 182 valence electrons. The van der Waals surface area contributed by atoms with Crippen molar-refractivity contribution in [3.8, 4) is 17.2 Å². The summed E-state index contributed by atoms with van der Waals surface area (Å²) < 4.78 is 15.7. The van der Waals surface area contributed by atoms with Crippen molar-refractivity contribution < 1.29 is 34.0 Å². The van der Waals surface area contributed by atoms with Crippen LogP contribution in [-0.4, -0.2) is 61.3 Å². The molecule has 8 heteroatoms. The van der Waals surface area contributed by atoms with Crippen molar-refractivity contribution in [1.29, 1.82) is 0 Å². The monoisotopic (exact) mass is 469 g/mol. The van der Waals surface area contributed by atoms with Crippen LogP contribution in [0.15, 0.2) is 42.0 Å². The number of aliphatic hydroxyl groups excluding tert-OH is 1. The Kier molecular flexibility index (Phi) is 7.21. The second kappa shape index (κ2) is 9.77. The molecule has 1 aliphatic rings. The fourth-order valence-corrected chi connectivity index (χ4v) is 4.12. The molecule has 2 aromatic rings. The summed E-state index contributed by atoms with van der Waals surface area (Å²) in [4.78, 5) is 27.4. The predicted octanol–water partition coefficient (Wildman–Crippen LogP) is 3.78. The molecule has 2 N–H and O–H groups in total. The van der Waals surface area contributed by atoms with Gasteiger partial charge in [0.15, 0.2) is 11.5 Å². The molecule has 0 aliphatic carbocycles. The average Bonchev–Trinajstić information content (AvgIpc) is 3.05. The van der Waals surface area contributed by atoms with E-state index in [-0.39, 0.29) is 41.4 Å². The van der Waals surface area contributed by atoms with Gasteiger partial charge in [-0.2, -0.15) is 0 Å². The Labute approximate surface area is 199 Å². The minimum atomic E-state index is -0.910. The molecule has 0 saturated carbocycles. The van der Waals surface area contributed by atoms with Crippen molar-refractivity contribution in [3.05, 3.63) is 58.7 Å². The Balaban J connectivity index is 2.23. The lowest BCUT2D eigenvalue weighted by molar-refractivity contribution is -0.140. The number of hydrogen-bond acceptors (Lipinski definition) is 7. The molecule has 0 bridgehead atoms. The summed E-state index contributed by atoms with van der Waals surface area (Å²) in [7, 11) is 4.49. The van der Waals surface area contributed by atoms with E-state index in [1.165, 1.54) is 25.2 Å². The van der Waals surface area contributed by atoms with Crippen molar-refractivity contribution in [1.82, 2.24) is 4.90 Å². The number of benzene rings is 2. The second-order valence-electron chi connectivity index (χ2n) is 9.08. The molecule has 1 heterocycles. The van der Waals surface area contributed by atoms with E-state index in [0.717, 1.165) is 5.56 Å². The van der Waals surface area contributed by atoms with Gasteiger partial charge in [0, 0.05) is 24.8 Å². The zero-order valence-electron chi connectivity index (χ0n) is 20.3. The van der Waals surface area contributed by atoms with Crippen LogP contribution in [0.4, 0.5) is 0 Å². The van der Waals surface area contributed by atoms with Crippen LogP contribution in [-0.2, 0) is 19.7 Å². The number of methoxy groups -OCH3 is 3. The minimum absolute atomic E-state index is 0.0595. The number of rotatable bonds is 7.